The second-order valence-electron chi connectivity index (χ2n) is 4.74. The Morgan fingerprint density at radius 2 is 2.05 bits per heavy atom. The van der Waals surface area contributed by atoms with Crippen LogP contribution < -0.4 is 5.73 Å². The summed E-state index contributed by atoms with van der Waals surface area (Å²) in [4.78, 5) is 0.0901. The van der Waals surface area contributed by atoms with Crippen LogP contribution in [0.3, 0.4) is 0 Å². The van der Waals surface area contributed by atoms with Gasteiger partial charge in [0.25, 0.3) is 0 Å². The molecule has 0 bridgehead atoms. The Hall–Kier alpha value is -0.630. The lowest BCUT2D eigenvalue weighted by atomic mass is 10.1. The van der Waals surface area contributed by atoms with Gasteiger partial charge in [0.15, 0.2) is 0 Å². The molecule has 1 unspecified atom stereocenters. The summed E-state index contributed by atoms with van der Waals surface area (Å²) < 4.78 is 40.1. The van der Waals surface area contributed by atoms with E-state index in [0.29, 0.717) is 5.75 Å². The molecule has 0 spiro atoms. The van der Waals surface area contributed by atoms with E-state index in [1.165, 1.54) is 23.5 Å². The third-order valence-corrected chi connectivity index (χ3v) is 5.99. The maximum Gasteiger partial charge on any atom is 0.243 e. The molecule has 0 saturated carbocycles. The van der Waals surface area contributed by atoms with E-state index in [1.54, 1.807) is 18.7 Å². The van der Waals surface area contributed by atoms with E-state index in [-0.39, 0.29) is 28.6 Å². The third-order valence-electron chi connectivity index (χ3n) is 3.23. The van der Waals surface area contributed by atoms with Crippen LogP contribution in [0.2, 0.25) is 0 Å². The zero-order valence-electron chi connectivity index (χ0n) is 12.2. The zero-order chi connectivity index (χ0) is 15.5. The summed E-state index contributed by atoms with van der Waals surface area (Å²) in [6, 6.07) is 2.54. The number of hydrogen-bond donors (Lipinski definition) is 1. The summed E-state index contributed by atoms with van der Waals surface area (Å²) in [6.07, 6.45) is 1.92. The van der Waals surface area contributed by atoms with Crippen LogP contribution in [0.25, 0.3) is 0 Å². The first-order chi connectivity index (χ1) is 9.25. The van der Waals surface area contributed by atoms with E-state index in [9.17, 15) is 12.8 Å². The number of thioether (sulfide) groups is 1. The van der Waals surface area contributed by atoms with Crippen LogP contribution in [-0.2, 0) is 16.6 Å². The molecule has 0 heterocycles. The molecule has 4 nitrogen and oxygen atoms in total. The van der Waals surface area contributed by atoms with Gasteiger partial charge in [-0.2, -0.15) is 16.1 Å². The van der Waals surface area contributed by atoms with Crippen molar-refractivity contribution in [3.05, 3.63) is 29.1 Å². The molecule has 7 heteroatoms. The number of nitrogens with two attached hydrogens (primary N) is 1. The van der Waals surface area contributed by atoms with Gasteiger partial charge in [-0.15, -0.1) is 0 Å². The molecule has 2 N–H and O–H groups in total. The molecule has 0 fully saturated rings. The summed E-state index contributed by atoms with van der Waals surface area (Å²) >= 11 is 1.58. The summed E-state index contributed by atoms with van der Waals surface area (Å²) in [5.41, 5.74) is 5.97. The first kappa shape index (κ1) is 17.4. The van der Waals surface area contributed by atoms with Crippen LogP contribution in [0.5, 0.6) is 0 Å². The molecular weight excluding hydrogens is 299 g/mol. The van der Waals surface area contributed by atoms with Crippen molar-refractivity contribution < 1.29 is 12.8 Å². The normalized spacial score (nSPS) is 13.8. The lowest BCUT2D eigenvalue weighted by Crippen LogP contribution is -2.36. The van der Waals surface area contributed by atoms with Gasteiger partial charge in [-0.1, -0.05) is 0 Å². The van der Waals surface area contributed by atoms with E-state index in [2.05, 4.69) is 0 Å². The summed E-state index contributed by atoms with van der Waals surface area (Å²) in [7, 11) is -2.10. The predicted molar refractivity (Wildman–Crippen MR) is 81.8 cm³/mol. The predicted octanol–water partition coefficient (Wildman–Crippen LogP) is 1.96. The molecule has 0 aromatic heterocycles. The van der Waals surface area contributed by atoms with Gasteiger partial charge in [0, 0.05) is 31.0 Å². The minimum atomic E-state index is -3.63. The van der Waals surface area contributed by atoms with Crippen LogP contribution in [0.1, 0.15) is 18.1 Å². The molecule has 0 amide bonds. The molecule has 0 aliphatic rings. The Balaban J connectivity index is 3.25. The fourth-order valence-corrected chi connectivity index (χ4v) is 4.15. The average molecular weight is 320 g/mol. The van der Waals surface area contributed by atoms with Crippen molar-refractivity contribution in [2.24, 2.45) is 5.73 Å². The smallest absolute Gasteiger partial charge is 0.243 e. The Labute approximate surface area is 124 Å². The molecule has 0 aliphatic carbocycles. The van der Waals surface area contributed by atoms with Crippen molar-refractivity contribution >= 4 is 21.8 Å². The minimum absolute atomic E-state index is 0.0277. The Bertz CT molecular complexity index is 576. The number of hydrogen-bond acceptors (Lipinski definition) is 4. The quantitative estimate of drug-likeness (QED) is 0.870. The number of aryl methyl sites for hydroxylation is 1. The number of benzene rings is 1. The Kier molecular flexibility index (Phi) is 6.00. The summed E-state index contributed by atoms with van der Waals surface area (Å²) in [5.74, 6) is 0.255. The molecule has 114 valence electrons. The largest absolute Gasteiger partial charge is 0.326 e. The van der Waals surface area contributed by atoms with Gasteiger partial charge in [0.1, 0.15) is 5.82 Å². The van der Waals surface area contributed by atoms with Gasteiger partial charge >= 0.3 is 0 Å². The highest BCUT2D eigenvalue weighted by Crippen LogP contribution is 2.23. The van der Waals surface area contributed by atoms with Gasteiger partial charge in [-0.05, 0) is 37.8 Å². The Morgan fingerprint density at radius 3 is 2.55 bits per heavy atom. The van der Waals surface area contributed by atoms with Crippen LogP contribution >= 0.6 is 11.8 Å². The molecular formula is C13H21FN2O2S2. The van der Waals surface area contributed by atoms with E-state index in [1.807, 2.05) is 13.2 Å². The molecule has 1 rings (SSSR count). The SMILES string of the molecule is CSCC(C)N(C)S(=O)(=O)c1cc(C)c(F)c(CN)c1. The lowest BCUT2D eigenvalue weighted by molar-refractivity contribution is 0.415. The van der Waals surface area contributed by atoms with E-state index in [4.69, 9.17) is 5.73 Å². The molecule has 0 saturated heterocycles. The lowest BCUT2D eigenvalue weighted by Gasteiger charge is -2.24. The second kappa shape index (κ2) is 6.89. The highest BCUT2D eigenvalue weighted by atomic mass is 32.2. The summed E-state index contributed by atoms with van der Waals surface area (Å²) in [5, 5.41) is 0. The fourth-order valence-electron chi connectivity index (χ4n) is 1.85. The van der Waals surface area contributed by atoms with E-state index >= 15 is 0 Å². The van der Waals surface area contributed by atoms with Gasteiger partial charge in [0.2, 0.25) is 10.0 Å². The number of halogens is 1. The topological polar surface area (TPSA) is 63.4 Å². The van der Waals surface area contributed by atoms with Gasteiger partial charge in [0.05, 0.1) is 4.90 Å². The van der Waals surface area contributed by atoms with E-state index < -0.39 is 15.8 Å². The monoisotopic (exact) mass is 320 g/mol. The van der Waals surface area contributed by atoms with Crippen LogP contribution in [0.4, 0.5) is 4.39 Å². The molecule has 0 radical (unpaired) electrons. The third kappa shape index (κ3) is 3.52. The van der Waals surface area contributed by atoms with Crippen LogP contribution in [0, 0.1) is 12.7 Å². The minimum Gasteiger partial charge on any atom is -0.326 e. The fraction of sp³-hybridized carbons (Fsp3) is 0.538. The van der Waals surface area contributed by atoms with Crippen molar-refractivity contribution in [2.75, 3.05) is 19.1 Å². The number of rotatable bonds is 6. The summed E-state index contributed by atoms with van der Waals surface area (Å²) in [6.45, 7) is 3.35. The van der Waals surface area contributed by atoms with Crippen molar-refractivity contribution in [2.45, 2.75) is 31.3 Å². The maximum atomic E-state index is 13.8. The molecule has 1 atom stereocenters. The highest BCUT2D eigenvalue weighted by molar-refractivity contribution is 7.98. The molecule has 1 aromatic carbocycles. The zero-order valence-corrected chi connectivity index (χ0v) is 13.8. The second-order valence-corrected chi connectivity index (χ2v) is 7.65. The van der Waals surface area contributed by atoms with Crippen molar-refractivity contribution in [1.29, 1.82) is 0 Å². The van der Waals surface area contributed by atoms with Crippen molar-refractivity contribution in [3.63, 3.8) is 0 Å². The van der Waals surface area contributed by atoms with E-state index in [0.717, 1.165) is 0 Å². The van der Waals surface area contributed by atoms with Gasteiger partial charge in [-0.3, -0.25) is 0 Å². The van der Waals surface area contributed by atoms with Gasteiger partial charge in [-0.25, -0.2) is 12.8 Å². The number of nitrogens with zero attached hydrogens (tertiary/aromatic N) is 1. The maximum absolute atomic E-state index is 13.8. The van der Waals surface area contributed by atoms with Crippen molar-refractivity contribution in [1.82, 2.24) is 4.31 Å². The molecule has 0 aliphatic heterocycles. The van der Waals surface area contributed by atoms with Crippen LogP contribution in [-0.4, -0.2) is 37.8 Å². The molecule has 20 heavy (non-hydrogen) atoms. The highest BCUT2D eigenvalue weighted by Gasteiger charge is 2.26. The first-order valence-electron chi connectivity index (χ1n) is 6.21. The first-order valence-corrected chi connectivity index (χ1v) is 9.05. The molecule has 1 aromatic rings. The Morgan fingerprint density at radius 1 is 1.45 bits per heavy atom. The van der Waals surface area contributed by atoms with Gasteiger partial charge < -0.3 is 5.73 Å². The standard InChI is InChI=1S/C13H21FN2O2S2/c1-9-5-12(6-11(7-15)13(9)14)20(17,18)16(3)10(2)8-19-4/h5-6,10H,7-8,15H2,1-4H3. The van der Waals surface area contributed by atoms with Crippen molar-refractivity contribution in [3.8, 4) is 0 Å². The van der Waals surface area contributed by atoms with Crippen LogP contribution in [0.15, 0.2) is 17.0 Å². The average Bonchev–Trinajstić information content (AvgIpc) is 2.40. The number of sulfonamides is 1.